The number of hydrogen-bond donors (Lipinski definition) is 0. The van der Waals surface area contributed by atoms with Crippen LogP contribution >= 0.6 is 0 Å². The summed E-state index contributed by atoms with van der Waals surface area (Å²) in [7, 11) is 0. The highest BCUT2D eigenvalue weighted by molar-refractivity contribution is 5.91. The molecule has 0 atom stereocenters. The summed E-state index contributed by atoms with van der Waals surface area (Å²) in [6, 6.07) is 20.2. The molecule has 2 aromatic carbocycles. The van der Waals surface area contributed by atoms with Crippen LogP contribution in [0.25, 0.3) is 11.1 Å². The zero-order valence-corrected chi connectivity index (χ0v) is 14.5. The average Bonchev–Trinajstić information content (AvgIpc) is 3.43. The van der Waals surface area contributed by atoms with Crippen molar-refractivity contribution in [1.82, 2.24) is 0 Å². The summed E-state index contributed by atoms with van der Waals surface area (Å²) in [5.41, 5.74) is 1.18. The van der Waals surface area contributed by atoms with Gasteiger partial charge in [0.15, 0.2) is 0 Å². The highest BCUT2D eigenvalue weighted by Crippen LogP contribution is 2.36. The minimum absolute atomic E-state index is 0.0901. The number of benzene rings is 2. The molecule has 0 aliphatic rings. The molecule has 2 heterocycles. The van der Waals surface area contributed by atoms with Crippen molar-refractivity contribution < 1.29 is 27.9 Å². The summed E-state index contributed by atoms with van der Waals surface area (Å²) in [5, 5.41) is 0. The average molecular weight is 374 g/mol. The fraction of sp³-hybridized carbons (Fsp3) is 0. The number of rotatable bonds is 5. The van der Waals surface area contributed by atoms with Crippen LogP contribution in [0.1, 0.15) is 21.1 Å². The summed E-state index contributed by atoms with van der Waals surface area (Å²) >= 11 is 0. The molecule has 138 valence electrons. The van der Waals surface area contributed by atoms with E-state index in [2.05, 4.69) is 0 Å². The Hall–Kier alpha value is -4.06. The minimum atomic E-state index is -0.623. The standard InChI is InChI=1S/C22H14O6/c23-21(19-11-5-13-25-19)27-17-9-3-1-7-15(17)16-8-2-4-10-18(16)28-22(24)20-12-6-14-26-20/h1-14H. The lowest BCUT2D eigenvalue weighted by Gasteiger charge is -2.13. The number of carbonyl (C=O) groups is 2. The molecule has 0 aliphatic carbocycles. The first kappa shape index (κ1) is 17.4. The third-order valence-electron chi connectivity index (χ3n) is 3.91. The lowest BCUT2D eigenvalue weighted by atomic mass is 10.0. The van der Waals surface area contributed by atoms with Gasteiger partial charge in [0.05, 0.1) is 12.5 Å². The van der Waals surface area contributed by atoms with E-state index in [-0.39, 0.29) is 11.5 Å². The molecule has 28 heavy (non-hydrogen) atoms. The molecule has 6 heteroatoms. The molecule has 0 saturated carbocycles. The number of esters is 2. The first-order chi connectivity index (χ1) is 13.7. The maximum atomic E-state index is 12.3. The highest BCUT2D eigenvalue weighted by Gasteiger charge is 2.19. The Morgan fingerprint density at radius 3 is 1.39 bits per heavy atom. The quantitative estimate of drug-likeness (QED) is 0.362. The predicted octanol–water partition coefficient (Wildman–Crippen LogP) is 4.98. The molecule has 4 aromatic rings. The molecule has 0 bridgehead atoms. The van der Waals surface area contributed by atoms with Gasteiger partial charge in [-0.1, -0.05) is 36.4 Å². The topological polar surface area (TPSA) is 78.9 Å². The van der Waals surface area contributed by atoms with Crippen LogP contribution in [0.4, 0.5) is 0 Å². The van der Waals surface area contributed by atoms with Gasteiger partial charge in [-0.05, 0) is 36.4 Å². The van der Waals surface area contributed by atoms with E-state index < -0.39 is 11.9 Å². The van der Waals surface area contributed by atoms with Crippen LogP contribution in [0.3, 0.4) is 0 Å². The van der Waals surface area contributed by atoms with Crippen LogP contribution in [0.15, 0.2) is 94.2 Å². The summed E-state index contributed by atoms with van der Waals surface area (Å²) in [5.74, 6) is -0.444. The summed E-state index contributed by atoms with van der Waals surface area (Å²) in [6.07, 6.45) is 2.79. The minimum Gasteiger partial charge on any atom is -0.457 e. The number of hydrogen-bond acceptors (Lipinski definition) is 6. The molecular weight excluding hydrogens is 360 g/mol. The predicted molar refractivity (Wildman–Crippen MR) is 99.2 cm³/mol. The van der Waals surface area contributed by atoms with E-state index in [1.807, 2.05) is 0 Å². The Morgan fingerprint density at radius 2 is 1.00 bits per heavy atom. The van der Waals surface area contributed by atoms with Crippen LogP contribution in [0, 0.1) is 0 Å². The Kier molecular flexibility index (Phi) is 4.76. The Labute approximate surface area is 159 Å². The van der Waals surface area contributed by atoms with Gasteiger partial charge < -0.3 is 18.3 Å². The van der Waals surface area contributed by atoms with Crippen LogP contribution < -0.4 is 9.47 Å². The smallest absolute Gasteiger partial charge is 0.379 e. The maximum absolute atomic E-state index is 12.3. The third-order valence-corrected chi connectivity index (χ3v) is 3.91. The van der Waals surface area contributed by atoms with Gasteiger partial charge in [-0.25, -0.2) is 9.59 Å². The van der Waals surface area contributed by atoms with Crippen LogP contribution in [-0.2, 0) is 0 Å². The molecular formula is C22H14O6. The lowest BCUT2D eigenvalue weighted by molar-refractivity contribution is 0.0690. The molecule has 0 N–H and O–H groups in total. The molecule has 6 nitrogen and oxygen atoms in total. The first-order valence-corrected chi connectivity index (χ1v) is 8.42. The van der Waals surface area contributed by atoms with Gasteiger partial charge in [-0.2, -0.15) is 0 Å². The Morgan fingerprint density at radius 1 is 0.571 bits per heavy atom. The number of para-hydroxylation sites is 2. The second-order valence-corrected chi connectivity index (χ2v) is 5.73. The van der Waals surface area contributed by atoms with Gasteiger partial charge in [-0.15, -0.1) is 0 Å². The maximum Gasteiger partial charge on any atom is 0.379 e. The zero-order valence-electron chi connectivity index (χ0n) is 14.5. The van der Waals surface area contributed by atoms with E-state index in [1.54, 1.807) is 60.7 Å². The SMILES string of the molecule is O=C(Oc1ccccc1-c1ccccc1OC(=O)c1ccco1)c1ccco1. The fourth-order valence-corrected chi connectivity index (χ4v) is 2.65. The first-order valence-electron chi connectivity index (χ1n) is 8.42. The summed E-state index contributed by atoms with van der Waals surface area (Å²) in [4.78, 5) is 24.5. The van der Waals surface area contributed by atoms with E-state index in [4.69, 9.17) is 18.3 Å². The van der Waals surface area contributed by atoms with E-state index in [0.29, 0.717) is 22.6 Å². The molecule has 0 amide bonds. The van der Waals surface area contributed by atoms with Crippen molar-refractivity contribution in [2.45, 2.75) is 0 Å². The molecule has 2 aromatic heterocycles. The van der Waals surface area contributed by atoms with E-state index in [1.165, 1.54) is 24.7 Å². The molecule has 0 unspecified atom stereocenters. The van der Waals surface area contributed by atoms with Crippen molar-refractivity contribution in [3.05, 3.63) is 96.8 Å². The van der Waals surface area contributed by atoms with Gasteiger partial charge in [0.1, 0.15) is 11.5 Å². The zero-order chi connectivity index (χ0) is 19.3. The molecule has 0 spiro atoms. The van der Waals surface area contributed by atoms with Crippen molar-refractivity contribution in [1.29, 1.82) is 0 Å². The molecule has 0 radical (unpaired) electrons. The van der Waals surface area contributed by atoms with Gasteiger partial charge >= 0.3 is 11.9 Å². The van der Waals surface area contributed by atoms with Gasteiger partial charge in [0.2, 0.25) is 11.5 Å². The van der Waals surface area contributed by atoms with Crippen molar-refractivity contribution in [2.24, 2.45) is 0 Å². The molecule has 0 fully saturated rings. The monoisotopic (exact) mass is 374 g/mol. The van der Waals surface area contributed by atoms with Crippen molar-refractivity contribution in [2.75, 3.05) is 0 Å². The summed E-state index contributed by atoms with van der Waals surface area (Å²) < 4.78 is 21.1. The fourth-order valence-electron chi connectivity index (χ4n) is 2.65. The number of carbonyl (C=O) groups excluding carboxylic acids is 2. The van der Waals surface area contributed by atoms with Crippen molar-refractivity contribution in [3.63, 3.8) is 0 Å². The van der Waals surface area contributed by atoms with Crippen molar-refractivity contribution >= 4 is 11.9 Å². The second-order valence-electron chi connectivity index (χ2n) is 5.73. The van der Waals surface area contributed by atoms with Gasteiger partial charge in [-0.3, -0.25) is 0 Å². The lowest BCUT2D eigenvalue weighted by Crippen LogP contribution is -2.09. The molecule has 0 saturated heterocycles. The molecule has 4 rings (SSSR count). The van der Waals surface area contributed by atoms with Crippen LogP contribution in [0.2, 0.25) is 0 Å². The largest absolute Gasteiger partial charge is 0.457 e. The third kappa shape index (κ3) is 3.57. The van der Waals surface area contributed by atoms with Gasteiger partial charge in [0, 0.05) is 11.1 Å². The molecule has 0 aliphatic heterocycles. The number of furan rings is 2. The highest BCUT2D eigenvalue weighted by atomic mass is 16.6. The Balaban J connectivity index is 1.66. The van der Waals surface area contributed by atoms with E-state index in [0.717, 1.165) is 0 Å². The Bertz CT molecular complexity index is 1000. The second kappa shape index (κ2) is 7.67. The number of ether oxygens (including phenoxy) is 2. The van der Waals surface area contributed by atoms with Crippen molar-refractivity contribution in [3.8, 4) is 22.6 Å². The van der Waals surface area contributed by atoms with Crippen LogP contribution in [-0.4, -0.2) is 11.9 Å². The normalized spacial score (nSPS) is 10.4. The summed E-state index contributed by atoms with van der Waals surface area (Å²) in [6.45, 7) is 0. The van der Waals surface area contributed by atoms with Gasteiger partial charge in [0.25, 0.3) is 0 Å². The van der Waals surface area contributed by atoms with E-state index >= 15 is 0 Å². The van der Waals surface area contributed by atoms with E-state index in [9.17, 15) is 9.59 Å². The van der Waals surface area contributed by atoms with Crippen LogP contribution in [0.5, 0.6) is 11.5 Å².